The van der Waals surface area contributed by atoms with Crippen molar-refractivity contribution < 1.29 is 17.9 Å². The van der Waals surface area contributed by atoms with Gasteiger partial charge in [0.25, 0.3) is 0 Å². The third kappa shape index (κ3) is 7.16. The highest BCUT2D eigenvalue weighted by Crippen LogP contribution is 2.21. The Morgan fingerprint density at radius 3 is 2.48 bits per heavy atom. The first-order valence-electron chi connectivity index (χ1n) is 7.05. The molecule has 0 radical (unpaired) electrons. The molecule has 1 atom stereocenters. The van der Waals surface area contributed by atoms with Crippen LogP contribution >= 0.6 is 11.6 Å². The molecule has 2 rings (SSSR count). The zero-order valence-electron chi connectivity index (χ0n) is 11.6. The van der Waals surface area contributed by atoms with E-state index in [4.69, 9.17) is 16.3 Å². The molecule has 0 bridgehead atoms. The molecule has 0 aliphatic heterocycles. The highest BCUT2D eigenvalue weighted by molar-refractivity contribution is 6.30. The molecule has 6 heteroatoms. The van der Waals surface area contributed by atoms with Crippen molar-refractivity contribution in [1.29, 1.82) is 0 Å². The Morgan fingerprint density at radius 2 is 1.90 bits per heavy atom. The summed E-state index contributed by atoms with van der Waals surface area (Å²) in [4.78, 5) is 0. The maximum atomic E-state index is 12.1. The van der Waals surface area contributed by atoms with Gasteiger partial charge in [-0.1, -0.05) is 23.7 Å². The van der Waals surface area contributed by atoms with Crippen LogP contribution < -0.4 is 5.32 Å². The lowest BCUT2D eigenvalue weighted by Gasteiger charge is -2.18. The highest BCUT2D eigenvalue weighted by atomic mass is 35.5. The van der Waals surface area contributed by atoms with Crippen LogP contribution in [0.15, 0.2) is 24.3 Å². The van der Waals surface area contributed by atoms with Gasteiger partial charge in [0.15, 0.2) is 0 Å². The second-order valence-electron chi connectivity index (χ2n) is 5.51. The predicted molar refractivity (Wildman–Crippen MR) is 76.5 cm³/mol. The van der Waals surface area contributed by atoms with Gasteiger partial charge in [-0.2, -0.15) is 13.2 Å². The van der Waals surface area contributed by atoms with E-state index in [-0.39, 0.29) is 12.5 Å². The van der Waals surface area contributed by atoms with Crippen LogP contribution in [0, 0.1) is 5.92 Å². The highest BCUT2D eigenvalue weighted by Gasteiger charge is 2.28. The van der Waals surface area contributed by atoms with E-state index in [1.807, 2.05) is 12.1 Å². The van der Waals surface area contributed by atoms with Gasteiger partial charge in [0.2, 0.25) is 0 Å². The number of ether oxygens (including phenoxy) is 1. The van der Waals surface area contributed by atoms with E-state index in [2.05, 4.69) is 5.32 Å². The molecule has 1 saturated carbocycles. The number of hydrogen-bond acceptors (Lipinski definition) is 2. The molecule has 1 N–H and O–H groups in total. The smallest absolute Gasteiger partial charge is 0.372 e. The van der Waals surface area contributed by atoms with Gasteiger partial charge in [-0.3, -0.25) is 0 Å². The number of benzene rings is 1. The van der Waals surface area contributed by atoms with E-state index in [9.17, 15) is 13.2 Å². The van der Waals surface area contributed by atoms with Gasteiger partial charge in [0.1, 0.15) is 6.61 Å². The molecule has 2 nitrogen and oxygen atoms in total. The SMILES string of the molecule is FC(F)(F)COCC(CNC1CC1)Cc1ccc(Cl)cc1. The number of hydrogen-bond donors (Lipinski definition) is 1. The Balaban J connectivity index is 1.82. The Kier molecular flexibility index (Phi) is 5.90. The minimum atomic E-state index is -4.27. The maximum absolute atomic E-state index is 12.1. The van der Waals surface area contributed by atoms with Crippen LogP contribution in [0.2, 0.25) is 5.02 Å². The van der Waals surface area contributed by atoms with Gasteiger partial charge in [-0.25, -0.2) is 0 Å². The Hall–Kier alpha value is -0.780. The lowest BCUT2D eigenvalue weighted by molar-refractivity contribution is -0.176. The summed E-state index contributed by atoms with van der Waals surface area (Å²) in [5.41, 5.74) is 1.05. The molecular formula is C15H19ClF3NO. The third-order valence-corrected chi connectivity index (χ3v) is 3.58. The van der Waals surface area contributed by atoms with Crippen molar-refractivity contribution in [3.8, 4) is 0 Å². The molecular weight excluding hydrogens is 303 g/mol. The molecule has 118 valence electrons. The van der Waals surface area contributed by atoms with E-state index >= 15 is 0 Å². The molecule has 0 heterocycles. The number of halogens is 4. The molecule has 1 aromatic rings. The van der Waals surface area contributed by atoms with Crippen molar-refractivity contribution in [2.24, 2.45) is 5.92 Å². The monoisotopic (exact) mass is 321 g/mol. The van der Waals surface area contributed by atoms with Crippen molar-refractivity contribution >= 4 is 11.6 Å². The molecule has 1 unspecified atom stereocenters. The van der Waals surface area contributed by atoms with Crippen LogP contribution in [-0.4, -0.2) is 32.0 Å². The van der Waals surface area contributed by atoms with Gasteiger partial charge in [-0.05, 0) is 42.9 Å². The standard InChI is InChI=1S/C15H19ClF3NO/c16-13-3-1-11(2-4-13)7-12(8-20-14-5-6-14)9-21-10-15(17,18)19/h1-4,12,14,20H,5-10H2. The fourth-order valence-corrected chi connectivity index (χ4v) is 2.23. The normalized spacial score (nSPS) is 17.0. The molecule has 21 heavy (non-hydrogen) atoms. The van der Waals surface area contributed by atoms with Gasteiger partial charge < -0.3 is 10.1 Å². The van der Waals surface area contributed by atoms with Crippen LogP contribution in [0.1, 0.15) is 18.4 Å². The van der Waals surface area contributed by atoms with Crippen molar-refractivity contribution in [3.63, 3.8) is 0 Å². The zero-order valence-corrected chi connectivity index (χ0v) is 12.4. The molecule has 0 aromatic heterocycles. The molecule has 0 amide bonds. The third-order valence-electron chi connectivity index (χ3n) is 3.33. The molecule has 0 saturated heterocycles. The first-order chi connectivity index (χ1) is 9.92. The summed E-state index contributed by atoms with van der Waals surface area (Å²) >= 11 is 5.83. The number of nitrogens with one attached hydrogen (secondary N) is 1. The number of rotatable bonds is 8. The maximum Gasteiger partial charge on any atom is 0.411 e. The van der Waals surface area contributed by atoms with Gasteiger partial charge >= 0.3 is 6.18 Å². The fraction of sp³-hybridized carbons (Fsp3) is 0.600. The van der Waals surface area contributed by atoms with E-state index in [1.54, 1.807) is 12.1 Å². The number of alkyl halides is 3. The Labute approximate surface area is 127 Å². The van der Waals surface area contributed by atoms with Crippen molar-refractivity contribution in [1.82, 2.24) is 5.32 Å². The lowest BCUT2D eigenvalue weighted by Crippen LogP contribution is -2.30. The average Bonchev–Trinajstić information content (AvgIpc) is 3.21. The summed E-state index contributed by atoms with van der Waals surface area (Å²) in [6.07, 6.45) is -1.29. The second kappa shape index (κ2) is 7.47. The molecule has 1 aliphatic carbocycles. The van der Waals surface area contributed by atoms with Gasteiger partial charge in [-0.15, -0.1) is 0 Å². The summed E-state index contributed by atoms with van der Waals surface area (Å²) in [6, 6.07) is 7.91. The minimum Gasteiger partial charge on any atom is -0.372 e. The quantitative estimate of drug-likeness (QED) is 0.785. The van der Waals surface area contributed by atoms with Crippen LogP contribution in [0.25, 0.3) is 0 Å². The summed E-state index contributed by atoms with van der Waals surface area (Å²) in [5, 5.41) is 4.00. The van der Waals surface area contributed by atoms with Crippen LogP contribution in [0.4, 0.5) is 13.2 Å². The van der Waals surface area contributed by atoms with Crippen LogP contribution in [-0.2, 0) is 11.2 Å². The van der Waals surface area contributed by atoms with Crippen LogP contribution in [0.3, 0.4) is 0 Å². The van der Waals surface area contributed by atoms with E-state index < -0.39 is 12.8 Å². The molecule has 1 aliphatic rings. The molecule has 1 aromatic carbocycles. The summed E-state index contributed by atoms with van der Waals surface area (Å²) in [6.45, 7) is -0.416. The molecule has 0 spiro atoms. The van der Waals surface area contributed by atoms with Crippen molar-refractivity contribution in [2.45, 2.75) is 31.5 Å². The Bertz CT molecular complexity index is 432. The second-order valence-corrected chi connectivity index (χ2v) is 5.95. The van der Waals surface area contributed by atoms with Crippen molar-refractivity contribution in [3.05, 3.63) is 34.9 Å². The summed E-state index contributed by atoms with van der Waals surface area (Å²) in [7, 11) is 0. The zero-order chi connectivity index (χ0) is 15.3. The topological polar surface area (TPSA) is 21.3 Å². The first kappa shape index (κ1) is 16.6. The van der Waals surface area contributed by atoms with Crippen molar-refractivity contribution in [2.75, 3.05) is 19.8 Å². The average molecular weight is 322 g/mol. The summed E-state index contributed by atoms with van der Waals surface area (Å²) < 4.78 is 41.3. The fourth-order valence-electron chi connectivity index (χ4n) is 2.11. The largest absolute Gasteiger partial charge is 0.411 e. The lowest BCUT2D eigenvalue weighted by atomic mass is 10.00. The van der Waals surface area contributed by atoms with Crippen LogP contribution in [0.5, 0.6) is 0 Å². The van der Waals surface area contributed by atoms with E-state index in [0.717, 1.165) is 18.4 Å². The van der Waals surface area contributed by atoms with Gasteiger partial charge in [0, 0.05) is 17.6 Å². The Morgan fingerprint density at radius 1 is 1.24 bits per heavy atom. The van der Waals surface area contributed by atoms with E-state index in [1.165, 1.54) is 0 Å². The molecule has 1 fully saturated rings. The first-order valence-corrected chi connectivity index (χ1v) is 7.42. The predicted octanol–water partition coefficient (Wildman–Crippen LogP) is 3.83. The van der Waals surface area contributed by atoms with Gasteiger partial charge in [0.05, 0.1) is 6.61 Å². The minimum absolute atomic E-state index is 0.0223. The summed E-state index contributed by atoms with van der Waals surface area (Å²) in [5.74, 6) is 0.0223. The van der Waals surface area contributed by atoms with E-state index in [0.29, 0.717) is 24.0 Å².